The largest absolute Gasteiger partial charge is 0.494 e. The number of fused-ring (bicyclic) bond motifs is 1. The van der Waals surface area contributed by atoms with E-state index in [1.54, 1.807) is 11.3 Å². The van der Waals surface area contributed by atoms with Crippen LogP contribution in [0.15, 0.2) is 48.1 Å². The minimum Gasteiger partial charge on any atom is -0.494 e. The number of thiophene rings is 1. The Morgan fingerprint density at radius 3 is 2.91 bits per heavy atom. The Morgan fingerprint density at radius 2 is 2.09 bits per heavy atom. The van der Waals surface area contributed by atoms with Gasteiger partial charge in [0, 0.05) is 33.6 Å². The number of ether oxygens (including phenoxy) is 1. The molecule has 3 rings (SSSR count). The zero-order valence-electron chi connectivity index (χ0n) is 12.9. The van der Waals surface area contributed by atoms with Crippen molar-refractivity contribution in [3.63, 3.8) is 0 Å². The van der Waals surface area contributed by atoms with Crippen LogP contribution >= 0.6 is 11.3 Å². The van der Waals surface area contributed by atoms with Crippen LogP contribution in [-0.2, 0) is 0 Å². The molecular formula is C19H21NOS. The number of rotatable bonds is 7. The molecule has 0 bridgehead atoms. The number of hydrogen-bond donors (Lipinski definition) is 0. The third-order valence-corrected chi connectivity index (χ3v) is 4.73. The summed E-state index contributed by atoms with van der Waals surface area (Å²) in [5.74, 6) is 0.976. The van der Waals surface area contributed by atoms with Gasteiger partial charge >= 0.3 is 0 Å². The molecule has 3 aromatic rings. The van der Waals surface area contributed by atoms with E-state index in [4.69, 9.17) is 4.74 Å². The van der Waals surface area contributed by atoms with Crippen molar-refractivity contribution in [1.82, 2.24) is 4.98 Å². The highest BCUT2D eigenvalue weighted by Gasteiger charge is 2.07. The van der Waals surface area contributed by atoms with Crippen LogP contribution in [0.3, 0.4) is 0 Å². The third kappa shape index (κ3) is 3.47. The van der Waals surface area contributed by atoms with E-state index in [2.05, 4.69) is 41.6 Å². The molecule has 2 nitrogen and oxygen atoms in total. The molecular weight excluding hydrogens is 290 g/mol. The van der Waals surface area contributed by atoms with Crippen molar-refractivity contribution in [1.29, 1.82) is 0 Å². The Morgan fingerprint density at radius 1 is 1.14 bits per heavy atom. The van der Waals surface area contributed by atoms with Crippen LogP contribution in [0.4, 0.5) is 0 Å². The molecule has 0 aliphatic rings. The highest BCUT2D eigenvalue weighted by Crippen LogP contribution is 2.35. The number of pyridine rings is 1. The van der Waals surface area contributed by atoms with E-state index in [9.17, 15) is 0 Å². The van der Waals surface area contributed by atoms with Gasteiger partial charge in [-0.3, -0.25) is 4.98 Å². The SMILES string of the molecule is CCCCCCOc1ccc2c(-c3cccnc3)csc2c1. The van der Waals surface area contributed by atoms with Crippen LogP contribution in [0, 0.1) is 0 Å². The molecule has 0 radical (unpaired) electrons. The molecule has 1 aromatic carbocycles. The second-order valence-corrected chi connectivity index (χ2v) is 6.37. The molecule has 2 aromatic heterocycles. The maximum absolute atomic E-state index is 5.87. The summed E-state index contributed by atoms with van der Waals surface area (Å²) in [4.78, 5) is 4.21. The Bertz CT molecular complexity index is 721. The standard InChI is InChI=1S/C19H21NOS/c1-2-3-4-5-11-21-16-8-9-17-18(14-22-19(17)12-16)15-7-6-10-20-13-15/h6-10,12-14H,2-5,11H2,1H3. The van der Waals surface area contributed by atoms with E-state index in [1.165, 1.54) is 40.5 Å². The van der Waals surface area contributed by atoms with Crippen LogP contribution in [0.2, 0.25) is 0 Å². The van der Waals surface area contributed by atoms with Crippen LogP contribution in [0.1, 0.15) is 32.6 Å². The van der Waals surface area contributed by atoms with Gasteiger partial charge in [-0.15, -0.1) is 11.3 Å². The van der Waals surface area contributed by atoms with Gasteiger partial charge in [0.05, 0.1) is 6.61 Å². The van der Waals surface area contributed by atoms with E-state index in [0.717, 1.165) is 18.8 Å². The van der Waals surface area contributed by atoms with Gasteiger partial charge in [-0.2, -0.15) is 0 Å². The average Bonchev–Trinajstić information content (AvgIpc) is 2.99. The molecule has 0 N–H and O–H groups in total. The summed E-state index contributed by atoms with van der Waals surface area (Å²) in [7, 11) is 0. The van der Waals surface area contributed by atoms with E-state index in [0.29, 0.717) is 0 Å². The van der Waals surface area contributed by atoms with Gasteiger partial charge in [0.1, 0.15) is 5.75 Å². The van der Waals surface area contributed by atoms with Crippen molar-refractivity contribution < 1.29 is 4.74 Å². The molecule has 0 unspecified atom stereocenters. The fourth-order valence-electron chi connectivity index (χ4n) is 2.56. The van der Waals surface area contributed by atoms with Gasteiger partial charge in [0.25, 0.3) is 0 Å². The van der Waals surface area contributed by atoms with Gasteiger partial charge in [-0.25, -0.2) is 0 Å². The highest BCUT2D eigenvalue weighted by atomic mass is 32.1. The Hall–Kier alpha value is -1.87. The van der Waals surface area contributed by atoms with Crippen LogP contribution in [-0.4, -0.2) is 11.6 Å². The first kappa shape index (κ1) is 15.0. The second-order valence-electron chi connectivity index (χ2n) is 5.46. The first-order valence-corrected chi connectivity index (χ1v) is 8.81. The Kier molecular flexibility index (Phi) is 5.07. The summed E-state index contributed by atoms with van der Waals surface area (Å²) in [6.07, 6.45) is 8.67. The summed E-state index contributed by atoms with van der Waals surface area (Å²) in [5.41, 5.74) is 2.42. The van der Waals surface area contributed by atoms with Crippen molar-refractivity contribution in [2.75, 3.05) is 6.61 Å². The van der Waals surface area contributed by atoms with Gasteiger partial charge in [0.2, 0.25) is 0 Å². The van der Waals surface area contributed by atoms with Crippen LogP contribution in [0.25, 0.3) is 21.2 Å². The number of aromatic nitrogens is 1. The lowest BCUT2D eigenvalue weighted by Gasteiger charge is -2.06. The fourth-order valence-corrected chi connectivity index (χ4v) is 3.56. The third-order valence-electron chi connectivity index (χ3n) is 3.79. The van der Waals surface area contributed by atoms with Crippen LogP contribution in [0.5, 0.6) is 5.75 Å². The number of unbranched alkanes of at least 4 members (excludes halogenated alkanes) is 3. The van der Waals surface area contributed by atoms with Crippen molar-refractivity contribution >= 4 is 21.4 Å². The summed E-state index contributed by atoms with van der Waals surface area (Å²) < 4.78 is 7.14. The molecule has 0 spiro atoms. The zero-order chi connectivity index (χ0) is 15.2. The summed E-state index contributed by atoms with van der Waals surface area (Å²) in [6.45, 7) is 3.04. The minimum atomic E-state index is 0.812. The Balaban J connectivity index is 1.72. The summed E-state index contributed by atoms with van der Waals surface area (Å²) in [5, 5.41) is 3.48. The number of benzene rings is 1. The van der Waals surface area contributed by atoms with E-state index in [1.807, 2.05) is 18.5 Å². The normalized spacial score (nSPS) is 11.0. The maximum atomic E-state index is 5.87. The van der Waals surface area contributed by atoms with E-state index >= 15 is 0 Å². The smallest absolute Gasteiger partial charge is 0.120 e. The molecule has 0 atom stereocenters. The molecule has 0 amide bonds. The lowest BCUT2D eigenvalue weighted by Crippen LogP contribution is -1.96. The maximum Gasteiger partial charge on any atom is 0.120 e. The monoisotopic (exact) mass is 311 g/mol. The lowest BCUT2D eigenvalue weighted by atomic mass is 10.1. The molecule has 0 saturated carbocycles. The van der Waals surface area contributed by atoms with E-state index in [-0.39, 0.29) is 0 Å². The second kappa shape index (κ2) is 7.41. The zero-order valence-corrected chi connectivity index (χ0v) is 13.7. The molecule has 0 fully saturated rings. The van der Waals surface area contributed by atoms with Gasteiger partial charge < -0.3 is 4.74 Å². The van der Waals surface area contributed by atoms with Gasteiger partial charge in [-0.05, 0) is 36.1 Å². The predicted molar refractivity (Wildman–Crippen MR) is 94.7 cm³/mol. The molecule has 114 valence electrons. The quantitative estimate of drug-likeness (QED) is 0.505. The molecule has 0 saturated heterocycles. The average molecular weight is 311 g/mol. The lowest BCUT2D eigenvalue weighted by molar-refractivity contribution is 0.305. The molecule has 0 aliphatic heterocycles. The van der Waals surface area contributed by atoms with Crippen LogP contribution < -0.4 is 4.74 Å². The topological polar surface area (TPSA) is 22.1 Å². The van der Waals surface area contributed by atoms with E-state index < -0.39 is 0 Å². The van der Waals surface area contributed by atoms with Gasteiger partial charge in [-0.1, -0.05) is 32.3 Å². The summed E-state index contributed by atoms with van der Waals surface area (Å²) >= 11 is 1.76. The minimum absolute atomic E-state index is 0.812. The summed E-state index contributed by atoms with van der Waals surface area (Å²) in [6, 6.07) is 10.5. The molecule has 0 aliphatic carbocycles. The first-order valence-electron chi connectivity index (χ1n) is 7.93. The van der Waals surface area contributed by atoms with Gasteiger partial charge in [0.15, 0.2) is 0 Å². The van der Waals surface area contributed by atoms with Crippen molar-refractivity contribution in [2.24, 2.45) is 0 Å². The number of hydrogen-bond acceptors (Lipinski definition) is 3. The molecule has 3 heteroatoms. The van der Waals surface area contributed by atoms with Crippen molar-refractivity contribution in [3.05, 3.63) is 48.1 Å². The first-order chi connectivity index (χ1) is 10.9. The Labute approximate surface area is 135 Å². The van der Waals surface area contributed by atoms with Crippen molar-refractivity contribution in [2.45, 2.75) is 32.6 Å². The molecule has 22 heavy (non-hydrogen) atoms. The number of nitrogens with zero attached hydrogens (tertiary/aromatic N) is 1. The highest BCUT2D eigenvalue weighted by molar-refractivity contribution is 7.17. The fraction of sp³-hybridized carbons (Fsp3) is 0.316. The predicted octanol–water partition coefficient (Wildman–Crippen LogP) is 5.92. The van der Waals surface area contributed by atoms with Crippen molar-refractivity contribution in [3.8, 4) is 16.9 Å². The molecule has 2 heterocycles.